The Morgan fingerprint density at radius 1 is 1.00 bits per heavy atom. The Hall–Kier alpha value is -0.120. The molecular formula is C10H22NO2. The zero-order chi connectivity index (χ0) is 9.94. The first-order valence-electron chi connectivity index (χ1n) is 5.04. The van der Waals surface area contributed by atoms with Gasteiger partial charge in [-0.15, -0.1) is 0 Å². The van der Waals surface area contributed by atoms with Crippen molar-refractivity contribution in [3.05, 3.63) is 5.92 Å². The molecular weight excluding hydrogens is 166 g/mol. The second kappa shape index (κ2) is 9.96. The molecule has 0 saturated carbocycles. The lowest BCUT2D eigenvalue weighted by atomic mass is 10.0. The minimum atomic E-state index is 0.653. The minimum absolute atomic E-state index is 0.653. The summed E-state index contributed by atoms with van der Waals surface area (Å²) in [6.45, 7) is 7.79. The van der Waals surface area contributed by atoms with Crippen molar-refractivity contribution in [2.24, 2.45) is 5.73 Å². The molecule has 3 heteroatoms. The standard InChI is InChI=1S/C10H22NO2/c1-3-12-7-5-10(9-11)6-8-13-4-2/h3-9,11H2,1-2H3. The first kappa shape index (κ1) is 12.9. The fourth-order valence-corrected chi connectivity index (χ4v) is 1.05. The Morgan fingerprint density at radius 2 is 1.46 bits per heavy atom. The topological polar surface area (TPSA) is 44.5 Å². The highest BCUT2D eigenvalue weighted by Gasteiger charge is 2.06. The number of hydrogen-bond acceptors (Lipinski definition) is 3. The molecule has 1 radical (unpaired) electrons. The number of hydrogen-bond donors (Lipinski definition) is 1. The maximum absolute atomic E-state index is 5.59. The third-order valence-electron chi connectivity index (χ3n) is 1.90. The average molecular weight is 188 g/mol. The number of ether oxygens (including phenoxy) is 2. The van der Waals surface area contributed by atoms with E-state index in [1.54, 1.807) is 0 Å². The largest absolute Gasteiger partial charge is 0.382 e. The third-order valence-corrected chi connectivity index (χ3v) is 1.90. The summed E-state index contributed by atoms with van der Waals surface area (Å²) in [5, 5.41) is 0. The molecule has 13 heavy (non-hydrogen) atoms. The van der Waals surface area contributed by atoms with Gasteiger partial charge in [0.15, 0.2) is 0 Å². The molecule has 0 amide bonds. The third kappa shape index (κ3) is 8.22. The van der Waals surface area contributed by atoms with E-state index in [0.717, 1.165) is 39.3 Å². The van der Waals surface area contributed by atoms with Gasteiger partial charge >= 0.3 is 0 Å². The van der Waals surface area contributed by atoms with Crippen LogP contribution in [0.5, 0.6) is 0 Å². The van der Waals surface area contributed by atoms with Crippen LogP contribution in [0, 0.1) is 5.92 Å². The number of rotatable bonds is 9. The van der Waals surface area contributed by atoms with Gasteiger partial charge in [0, 0.05) is 26.4 Å². The second-order valence-electron chi connectivity index (χ2n) is 2.85. The van der Waals surface area contributed by atoms with Crippen LogP contribution in [0.4, 0.5) is 0 Å². The van der Waals surface area contributed by atoms with E-state index in [1.807, 2.05) is 13.8 Å². The smallest absolute Gasteiger partial charge is 0.0471 e. The number of nitrogens with two attached hydrogens (primary N) is 1. The monoisotopic (exact) mass is 188 g/mol. The van der Waals surface area contributed by atoms with E-state index in [1.165, 1.54) is 5.92 Å². The van der Waals surface area contributed by atoms with E-state index < -0.39 is 0 Å². The highest BCUT2D eigenvalue weighted by molar-refractivity contribution is 4.90. The zero-order valence-electron chi connectivity index (χ0n) is 8.84. The molecule has 0 bridgehead atoms. The van der Waals surface area contributed by atoms with E-state index in [4.69, 9.17) is 15.2 Å². The van der Waals surface area contributed by atoms with E-state index in [2.05, 4.69) is 0 Å². The van der Waals surface area contributed by atoms with Crippen LogP contribution in [-0.4, -0.2) is 33.0 Å². The SMILES string of the molecule is CCOCC[C](CN)CCOCC. The van der Waals surface area contributed by atoms with Gasteiger partial charge in [0.1, 0.15) is 0 Å². The molecule has 3 nitrogen and oxygen atoms in total. The van der Waals surface area contributed by atoms with E-state index in [0.29, 0.717) is 6.54 Å². The van der Waals surface area contributed by atoms with Gasteiger partial charge in [-0.05, 0) is 39.2 Å². The van der Waals surface area contributed by atoms with Crippen LogP contribution in [0.3, 0.4) is 0 Å². The van der Waals surface area contributed by atoms with Crippen molar-refractivity contribution in [2.45, 2.75) is 26.7 Å². The zero-order valence-corrected chi connectivity index (χ0v) is 8.84. The summed E-state index contributed by atoms with van der Waals surface area (Å²) in [5.41, 5.74) is 5.59. The maximum Gasteiger partial charge on any atom is 0.0471 e. The quantitative estimate of drug-likeness (QED) is 0.556. The van der Waals surface area contributed by atoms with Crippen molar-refractivity contribution in [1.29, 1.82) is 0 Å². The Morgan fingerprint density at radius 3 is 1.77 bits per heavy atom. The summed E-state index contributed by atoms with van der Waals surface area (Å²) in [4.78, 5) is 0. The lowest BCUT2D eigenvalue weighted by molar-refractivity contribution is 0.132. The van der Waals surface area contributed by atoms with Crippen molar-refractivity contribution in [2.75, 3.05) is 33.0 Å². The van der Waals surface area contributed by atoms with Crippen LogP contribution in [-0.2, 0) is 9.47 Å². The molecule has 0 saturated heterocycles. The molecule has 0 unspecified atom stereocenters. The molecule has 0 aliphatic carbocycles. The molecule has 0 heterocycles. The molecule has 0 rings (SSSR count). The molecule has 0 fully saturated rings. The van der Waals surface area contributed by atoms with Gasteiger partial charge in [0.25, 0.3) is 0 Å². The van der Waals surface area contributed by atoms with Crippen LogP contribution < -0.4 is 5.73 Å². The van der Waals surface area contributed by atoms with Crippen molar-refractivity contribution < 1.29 is 9.47 Å². The molecule has 0 aliphatic heterocycles. The van der Waals surface area contributed by atoms with Crippen LogP contribution in [0.2, 0.25) is 0 Å². The van der Waals surface area contributed by atoms with Crippen LogP contribution >= 0.6 is 0 Å². The average Bonchev–Trinajstić information content (AvgIpc) is 2.16. The van der Waals surface area contributed by atoms with Crippen LogP contribution in [0.15, 0.2) is 0 Å². The van der Waals surface area contributed by atoms with Crippen molar-refractivity contribution in [3.63, 3.8) is 0 Å². The highest BCUT2D eigenvalue weighted by Crippen LogP contribution is 2.09. The molecule has 0 aromatic carbocycles. The summed E-state index contributed by atoms with van der Waals surface area (Å²) < 4.78 is 10.5. The lowest BCUT2D eigenvalue weighted by Gasteiger charge is -2.13. The Bertz CT molecular complexity index is 88.9. The Kier molecular flexibility index (Phi) is 9.87. The Labute approximate surface area is 81.6 Å². The maximum atomic E-state index is 5.59. The fraction of sp³-hybridized carbons (Fsp3) is 0.900. The summed E-state index contributed by atoms with van der Waals surface area (Å²) >= 11 is 0. The normalized spacial score (nSPS) is 11.1. The first-order chi connectivity index (χ1) is 6.35. The van der Waals surface area contributed by atoms with Crippen molar-refractivity contribution >= 4 is 0 Å². The molecule has 79 valence electrons. The van der Waals surface area contributed by atoms with Gasteiger partial charge in [-0.1, -0.05) is 0 Å². The first-order valence-corrected chi connectivity index (χ1v) is 5.04. The van der Waals surface area contributed by atoms with Crippen LogP contribution in [0.25, 0.3) is 0 Å². The highest BCUT2D eigenvalue weighted by atomic mass is 16.5. The van der Waals surface area contributed by atoms with E-state index >= 15 is 0 Å². The van der Waals surface area contributed by atoms with Gasteiger partial charge in [0.2, 0.25) is 0 Å². The molecule has 0 atom stereocenters. The van der Waals surface area contributed by atoms with Gasteiger partial charge in [-0.3, -0.25) is 0 Å². The molecule has 0 aliphatic rings. The molecule has 0 aromatic rings. The minimum Gasteiger partial charge on any atom is -0.382 e. The molecule has 0 spiro atoms. The van der Waals surface area contributed by atoms with Gasteiger partial charge in [-0.2, -0.15) is 0 Å². The second-order valence-corrected chi connectivity index (χ2v) is 2.85. The fourth-order valence-electron chi connectivity index (χ4n) is 1.05. The predicted octanol–water partition coefficient (Wildman–Crippen LogP) is 1.37. The van der Waals surface area contributed by atoms with E-state index in [-0.39, 0.29) is 0 Å². The summed E-state index contributed by atoms with van der Waals surface area (Å²) in [7, 11) is 0. The Balaban J connectivity index is 3.28. The van der Waals surface area contributed by atoms with Gasteiger partial charge in [-0.25, -0.2) is 0 Å². The summed E-state index contributed by atoms with van der Waals surface area (Å²) in [6.07, 6.45) is 1.94. The summed E-state index contributed by atoms with van der Waals surface area (Å²) in [6, 6.07) is 0. The summed E-state index contributed by atoms with van der Waals surface area (Å²) in [5.74, 6) is 1.34. The molecule has 2 N–H and O–H groups in total. The van der Waals surface area contributed by atoms with Crippen molar-refractivity contribution in [1.82, 2.24) is 0 Å². The van der Waals surface area contributed by atoms with Crippen LogP contribution in [0.1, 0.15) is 26.7 Å². The van der Waals surface area contributed by atoms with E-state index in [9.17, 15) is 0 Å². The van der Waals surface area contributed by atoms with Gasteiger partial charge in [0.05, 0.1) is 0 Å². The van der Waals surface area contributed by atoms with Crippen molar-refractivity contribution in [3.8, 4) is 0 Å². The predicted molar refractivity (Wildman–Crippen MR) is 54.5 cm³/mol. The molecule has 0 aromatic heterocycles. The lowest BCUT2D eigenvalue weighted by Crippen LogP contribution is -2.16. The van der Waals surface area contributed by atoms with Gasteiger partial charge < -0.3 is 15.2 Å².